The van der Waals surface area contributed by atoms with Crippen LogP contribution in [0.3, 0.4) is 0 Å². The Bertz CT molecular complexity index is 802. The van der Waals surface area contributed by atoms with Crippen molar-refractivity contribution in [2.24, 2.45) is 0 Å². The van der Waals surface area contributed by atoms with E-state index in [0.717, 1.165) is 17.5 Å². The summed E-state index contributed by atoms with van der Waals surface area (Å²) in [5.41, 5.74) is 7.32. The zero-order valence-corrected chi connectivity index (χ0v) is 11.0. The highest BCUT2D eigenvalue weighted by atomic mass is 16.3. The second-order valence-corrected chi connectivity index (χ2v) is 5.22. The summed E-state index contributed by atoms with van der Waals surface area (Å²) in [6, 6.07) is 22.5. The molecule has 3 aromatic carbocycles. The molecule has 0 unspecified atom stereocenters. The molecule has 1 nitrogen and oxygen atoms in total. The summed E-state index contributed by atoms with van der Waals surface area (Å²) in [6.07, 6.45) is 1.01. The van der Waals surface area contributed by atoms with Gasteiger partial charge < -0.3 is 5.11 Å². The molecule has 0 aromatic heterocycles. The highest BCUT2D eigenvalue weighted by molar-refractivity contribution is 5.82. The quantitative estimate of drug-likeness (QED) is 0.527. The van der Waals surface area contributed by atoms with Gasteiger partial charge in [-0.2, -0.15) is 0 Å². The number of fused-ring (bicyclic) bond motifs is 3. The summed E-state index contributed by atoms with van der Waals surface area (Å²) in [7, 11) is 0. The van der Waals surface area contributed by atoms with Gasteiger partial charge in [0.1, 0.15) is 5.75 Å². The summed E-state index contributed by atoms with van der Waals surface area (Å²) >= 11 is 0. The van der Waals surface area contributed by atoms with E-state index in [1.165, 1.54) is 22.3 Å². The molecule has 4 rings (SSSR count). The van der Waals surface area contributed by atoms with Crippen LogP contribution < -0.4 is 0 Å². The second kappa shape index (κ2) is 4.24. The molecule has 1 aliphatic rings. The van der Waals surface area contributed by atoms with Gasteiger partial charge in [-0.15, -0.1) is 0 Å². The highest BCUT2D eigenvalue weighted by Gasteiger charge is 2.18. The van der Waals surface area contributed by atoms with Crippen molar-refractivity contribution < 1.29 is 5.11 Å². The summed E-state index contributed by atoms with van der Waals surface area (Å²) in [4.78, 5) is 0. The van der Waals surface area contributed by atoms with E-state index in [9.17, 15) is 5.11 Å². The maximum atomic E-state index is 10.0. The van der Waals surface area contributed by atoms with Crippen molar-refractivity contribution >= 4 is 0 Å². The first kappa shape index (κ1) is 11.3. The van der Waals surface area contributed by atoms with Crippen LogP contribution in [0.5, 0.6) is 5.75 Å². The molecular formula is C19H14O. The van der Waals surface area contributed by atoms with Gasteiger partial charge in [0, 0.05) is 5.56 Å². The number of aromatic hydroxyl groups is 1. The van der Waals surface area contributed by atoms with Crippen LogP contribution in [0.25, 0.3) is 22.3 Å². The molecule has 0 saturated carbocycles. The monoisotopic (exact) mass is 258 g/mol. The Kier molecular flexibility index (Phi) is 2.40. The van der Waals surface area contributed by atoms with E-state index in [1.807, 2.05) is 18.2 Å². The average Bonchev–Trinajstić information content (AvgIpc) is 2.85. The Morgan fingerprint density at radius 3 is 2.20 bits per heavy atom. The zero-order valence-electron chi connectivity index (χ0n) is 11.0. The van der Waals surface area contributed by atoms with Gasteiger partial charge in [0.15, 0.2) is 0 Å². The number of rotatable bonds is 1. The lowest BCUT2D eigenvalue weighted by Gasteiger charge is -2.07. The van der Waals surface area contributed by atoms with E-state index < -0.39 is 0 Å². The van der Waals surface area contributed by atoms with Gasteiger partial charge in [0.2, 0.25) is 0 Å². The van der Waals surface area contributed by atoms with Crippen molar-refractivity contribution in [1.82, 2.24) is 0 Å². The minimum atomic E-state index is 0.332. The minimum Gasteiger partial charge on any atom is -0.507 e. The van der Waals surface area contributed by atoms with E-state index in [4.69, 9.17) is 0 Å². The van der Waals surface area contributed by atoms with Crippen LogP contribution in [0.1, 0.15) is 11.1 Å². The zero-order chi connectivity index (χ0) is 13.5. The maximum Gasteiger partial charge on any atom is 0.123 e. The second-order valence-electron chi connectivity index (χ2n) is 5.22. The molecule has 0 bridgehead atoms. The average molecular weight is 258 g/mol. The van der Waals surface area contributed by atoms with Crippen LogP contribution in [0.2, 0.25) is 0 Å². The van der Waals surface area contributed by atoms with Crippen molar-refractivity contribution in [3.63, 3.8) is 0 Å². The van der Waals surface area contributed by atoms with Gasteiger partial charge in [-0.25, -0.2) is 0 Å². The van der Waals surface area contributed by atoms with Crippen molar-refractivity contribution in [2.75, 3.05) is 0 Å². The molecule has 0 fully saturated rings. The third kappa shape index (κ3) is 1.64. The molecule has 0 amide bonds. The predicted octanol–water partition coefficient (Wildman–Crippen LogP) is 4.63. The Morgan fingerprint density at radius 2 is 1.35 bits per heavy atom. The molecule has 96 valence electrons. The standard InChI is InChI=1S/C19H14O/c20-19-8-4-3-7-17(19)15-10-9-14-11-13-5-1-2-6-16(13)18(14)12-15/h1-10,12,20H,11H2. The minimum absolute atomic E-state index is 0.332. The van der Waals surface area contributed by atoms with Gasteiger partial charge in [-0.3, -0.25) is 0 Å². The Morgan fingerprint density at radius 1 is 0.650 bits per heavy atom. The van der Waals surface area contributed by atoms with Crippen molar-refractivity contribution in [3.05, 3.63) is 77.9 Å². The highest BCUT2D eigenvalue weighted by Crippen LogP contribution is 2.39. The van der Waals surface area contributed by atoms with Crippen LogP contribution in [-0.4, -0.2) is 5.11 Å². The Hall–Kier alpha value is -2.54. The molecule has 0 spiro atoms. The third-order valence-electron chi connectivity index (χ3n) is 4.01. The SMILES string of the molecule is Oc1ccccc1-c1ccc2c(c1)-c1ccccc1C2. The van der Waals surface area contributed by atoms with Gasteiger partial charge in [0.05, 0.1) is 0 Å². The first-order valence-electron chi connectivity index (χ1n) is 6.82. The summed E-state index contributed by atoms with van der Waals surface area (Å²) in [5, 5.41) is 10.0. The number of para-hydroxylation sites is 1. The van der Waals surface area contributed by atoms with Crippen molar-refractivity contribution in [1.29, 1.82) is 0 Å². The van der Waals surface area contributed by atoms with E-state index in [1.54, 1.807) is 6.07 Å². The maximum absolute atomic E-state index is 10.0. The number of hydrogen-bond acceptors (Lipinski definition) is 1. The number of phenolic OH excluding ortho intramolecular Hbond substituents is 1. The van der Waals surface area contributed by atoms with Crippen molar-refractivity contribution in [2.45, 2.75) is 6.42 Å². The van der Waals surface area contributed by atoms with Gasteiger partial charge in [-0.05, 0) is 46.4 Å². The lowest BCUT2D eigenvalue weighted by molar-refractivity contribution is 0.477. The van der Waals surface area contributed by atoms with Crippen molar-refractivity contribution in [3.8, 4) is 28.0 Å². The largest absolute Gasteiger partial charge is 0.507 e. The summed E-state index contributed by atoms with van der Waals surface area (Å²) in [5.74, 6) is 0.332. The molecule has 1 N–H and O–H groups in total. The van der Waals surface area contributed by atoms with Gasteiger partial charge >= 0.3 is 0 Å². The fourth-order valence-electron chi connectivity index (χ4n) is 3.01. The van der Waals surface area contributed by atoms with E-state index in [2.05, 4.69) is 42.5 Å². The van der Waals surface area contributed by atoms with Crippen LogP contribution >= 0.6 is 0 Å². The fraction of sp³-hybridized carbons (Fsp3) is 0.0526. The van der Waals surface area contributed by atoms with Gasteiger partial charge in [0.25, 0.3) is 0 Å². The number of phenols is 1. The van der Waals surface area contributed by atoms with E-state index >= 15 is 0 Å². The Balaban J connectivity index is 1.90. The molecule has 20 heavy (non-hydrogen) atoms. The third-order valence-corrected chi connectivity index (χ3v) is 4.01. The lowest BCUT2D eigenvalue weighted by Crippen LogP contribution is -1.83. The van der Waals surface area contributed by atoms with Crippen LogP contribution in [0.15, 0.2) is 66.7 Å². The predicted molar refractivity (Wildman–Crippen MR) is 81.8 cm³/mol. The molecule has 0 heterocycles. The molecule has 1 heteroatoms. The number of hydrogen-bond donors (Lipinski definition) is 1. The topological polar surface area (TPSA) is 20.2 Å². The molecular weight excluding hydrogens is 244 g/mol. The van der Waals surface area contributed by atoms with Crippen LogP contribution in [-0.2, 0) is 6.42 Å². The molecule has 0 saturated heterocycles. The first-order valence-corrected chi connectivity index (χ1v) is 6.82. The van der Waals surface area contributed by atoms with Crippen LogP contribution in [0.4, 0.5) is 0 Å². The lowest BCUT2D eigenvalue weighted by atomic mass is 9.98. The first-order chi connectivity index (χ1) is 9.83. The molecule has 0 radical (unpaired) electrons. The molecule has 1 aliphatic carbocycles. The summed E-state index contributed by atoms with van der Waals surface area (Å²) < 4.78 is 0. The normalized spacial score (nSPS) is 12.0. The van der Waals surface area contributed by atoms with E-state index in [0.29, 0.717) is 5.75 Å². The molecule has 0 aliphatic heterocycles. The van der Waals surface area contributed by atoms with Crippen LogP contribution in [0, 0.1) is 0 Å². The molecule has 0 atom stereocenters. The Labute approximate surface area is 118 Å². The van der Waals surface area contributed by atoms with E-state index in [-0.39, 0.29) is 0 Å². The smallest absolute Gasteiger partial charge is 0.123 e. The fourth-order valence-corrected chi connectivity index (χ4v) is 3.01. The molecule has 3 aromatic rings. The summed E-state index contributed by atoms with van der Waals surface area (Å²) in [6.45, 7) is 0. The number of benzene rings is 3. The van der Waals surface area contributed by atoms with Gasteiger partial charge in [-0.1, -0.05) is 54.6 Å².